The first-order valence-corrected chi connectivity index (χ1v) is 6.52. The van der Waals surface area contributed by atoms with Gasteiger partial charge in [0.1, 0.15) is 5.56 Å². The van der Waals surface area contributed by atoms with Gasteiger partial charge in [0.2, 0.25) is 0 Å². The van der Waals surface area contributed by atoms with Gasteiger partial charge in [0.05, 0.1) is 4.92 Å². The molecule has 2 N–H and O–H groups in total. The fourth-order valence-corrected chi connectivity index (χ4v) is 2.00. The smallest absolute Gasteiger partial charge is 0.285 e. The van der Waals surface area contributed by atoms with Gasteiger partial charge in [-0.1, -0.05) is 19.1 Å². The minimum absolute atomic E-state index is 0.0487. The predicted molar refractivity (Wildman–Crippen MR) is 75.7 cm³/mol. The maximum atomic E-state index is 12.3. The van der Waals surface area contributed by atoms with Crippen molar-refractivity contribution < 1.29 is 14.8 Å². The lowest BCUT2D eigenvalue weighted by Crippen LogP contribution is -2.46. The first kappa shape index (κ1) is 16.1. The summed E-state index contributed by atoms with van der Waals surface area (Å²) in [5, 5.41) is 22.9. The Morgan fingerprint density at radius 2 is 2.15 bits per heavy atom. The number of carbonyl (C=O) groups is 1. The quantitative estimate of drug-likeness (QED) is 0.617. The van der Waals surface area contributed by atoms with Crippen LogP contribution in [0.5, 0.6) is 0 Å². The van der Waals surface area contributed by atoms with Gasteiger partial charge in [-0.25, -0.2) is 0 Å². The summed E-state index contributed by atoms with van der Waals surface area (Å²) in [5.74, 6) is -0.488. The molecule has 1 unspecified atom stereocenters. The SMILES string of the molecule is CCC(C)(CCO)NC(=O)c1cccc(C)c1[N+](=O)[O-]. The largest absolute Gasteiger partial charge is 0.396 e. The molecule has 0 aliphatic carbocycles. The van der Waals surface area contributed by atoms with Gasteiger partial charge in [0.15, 0.2) is 0 Å². The predicted octanol–water partition coefficient (Wildman–Crippen LogP) is 2.18. The van der Waals surface area contributed by atoms with Crippen LogP contribution in [0.1, 0.15) is 42.6 Å². The molecule has 0 heterocycles. The van der Waals surface area contributed by atoms with E-state index in [2.05, 4.69) is 5.32 Å². The fourth-order valence-electron chi connectivity index (χ4n) is 2.00. The lowest BCUT2D eigenvalue weighted by Gasteiger charge is -2.29. The minimum Gasteiger partial charge on any atom is -0.396 e. The molecule has 0 saturated heterocycles. The number of nitro groups is 1. The average Bonchev–Trinajstić information content (AvgIpc) is 2.38. The van der Waals surface area contributed by atoms with E-state index in [4.69, 9.17) is 5.11 Å². The Kier molecular flexibility index (Phi) is 5.21. The number of hydrogen-bond donors (Lipinski definition) is 2. The Balaban J connectivity index is 3.10. The number of nitro benzene ring substituents is 1. The average molecular weight is 280 g/mol. The second-order valence-corrected chi connectivity index (χ2v) is 5.07. The van der Waals surface area contributed by atoms with E-state index in [0.29, 0.717) is 18.4 Å². The van der Waals surface area contributed by atoms with Crippen molar-refractivity contribution in [2.45, 2.75) is 39.2 Å². The lowest BCUT2D eigenvalue weighted by atomic mass is 9.94. The molecule has 1 amide bonds. The molecule has 0 aliphatic rings. The van der Waals surface area contributed by atoms with Gasteiger partial charge in [-0.3, -0.25) is 14.9 Å². The van der Waals surface area contributed by atoms with Gasteiger partial charge < -0.3 is 10.4 Å². The first-order chi connectivity index (χ1) is 9.34. The Labute approximate surface area is 118 Å². The molecule has 110 valence electrons. The normalized spacial score (nSPS) is 13.6. The van der Waals surface area contributed by atoms with Gasteiger partial charge in [-0.05, 0) is 32.8 Å². The third kappa shape index (κ3) is 3.54. The molecular formula is C14H20N2O4. The van der Waals surface area contributed by atoms with Crippen LogP contribution in [0.15, 0.2) is 18.2 Å². The Morgan fingerprint density at radius 1 is 1.50 bits per heavy atom. The van der Waals surface area contributed by atoms with Crippen LogP contribution >= 0.6 is 0 Å². The maximum absolute atomic E-state index is 12.3. The van der Waals surface area contributed by atoms with Gasteiger partial charge >= 0.3 is 0 Å². The molecule has 0 radical (unpaired) electrons. The monoisotopic (exact) mass is 280 g/mol. The molecule has 0 fully saturated rings. The number of carbonyl (C=O) groups excluding carboxylic acids is 1. The van der Waals surface area contributed by atoms with Crippen molar-refractivity contribution >= 4 is 11.6 Å². The van der Waals surface area contributed by atoms with Crippen molar-refractivity contribution in [1.29, 1.82) is 0 Å². The minimum atomic E-state index is -0.580. The number of nitrogens with one attached hydrogen (secondary N) is 1. The van der Waals surface area contributed by atoms with E-state index in [1.54, 1.807) is 19.1 Å². The van der Waals surface area contributed by atoms with E-state index in [1.165, 1.54) is 6.07 Å². The molecule has 6 heteroatoms. The molecule has 0 saturated carbocycles. The molecule has 1 rings (SSSR count). The summed E-state index contributed by atoms with van der Waals surface area (Å²) in [7, 11) is 0. The van der Waals surface area contributed by atoms with E-state index in [-0.39, 0.29) is 17.9 Å². The number of rotatable bonds is 6. The molecule has 1 atom stereocenters. The second-order valence-electron chi connectivity index (χ2n) is 5.07. The van der Waals surface area contributed by atoms with Crippen LogP contribution < -0.4 is 5.32 Å². The highest BCUT2D eigenvalue weighted by Crippen LogP contribution is 2.24. The fraction of sp³-hybridized carbons (Fsp3) is 0.500. The summed E-state index contributed by atoms with van der Waals surface area (Å²) in [6.45, 7) is 5.24. The topological polar surface area (TPSA) is 92.5 Å². The van der Waals surface area contributed by atoms with E-state index in [1.807, 2.05) is 13.8 Å². The molecule has 1 aromatic carbocycles. The second kappa shape index (κ2) is 6.47. The van der Waals surface area contributed by atoms with Crippen molar-refractivity contribution in [2.24, 2.45) is 0 Å². The van der Waals surface area contributed by atoms with Crippen LogP contribution in [0.4, 0.5) is 5.69 Å². The van der Waals surface area contributed by atoms with Crippen LogP contribution in [-0.2, 0) is 0 Å². The Bertz CT molecular complexity index is 516. The zero-order valence-electron chi connectivity index (χ0n) is 12.0. The molecule has 0 bridgehead atoms. The zero-order chi connectivity index (χ0) is 15.3. The van der Waals surface area contributed by atoms with E-state index >= 15 is 0 Å². The van der Waals surface area contributed by atoms with Crippen molar-refractivity contribution in [3.05, 3.63) is 39.4 Å². The van der Waals surface area contributed by atoms with Crippen LogP contribution in [0.2, 0.25) is 0 Å². The Morgan fingerprint density at radius 3 is 2.65 bits per heavy atom. The number of aryl methyl sites for hydroxylation is 1. The highest BCUT2D eigenvalue weighted by molar-refractivity contribution is 5.99. The molecule has 0 aliphatic heterocycles. The van der Waals surface area contributed by atoms with Crippen LogP contribution in [0.25, 0.3) is 0 Å². The third-order valence-electron chi connectivity index (χ3n) is 3.52. The first-order valence-electron chi connectivity index (χ1n) is 6.52. The van der Waals surface area contributed by atoms with Gasteiger partial charge in [0.25, 0.3) is 11.6 Å². The van der Waals surface area contributed by atoms with Crippen molar-refractivity contribution in [3.63, 3.8) is 0 Å². The summed E-state index contributed by atoms with van der Waals surface area (Å²) in [5.41, 5.74) is -0.258. The molecular weight excluding hydrogens is 260 g/mol. The molecule has 6 nitrogen and oxygen atoms in total. The van der Waals surface area contributed by atoms with Crippen molar-refractivity contribution in [3.8, 4) is 0 Å². The number of amides is 1. The third-order valence-corrected chi connectivity index (χ3v) is 3.52. The summed E-state index contributed by atoms with van der Waals surface area (Å²) < 4.78 is 0. The van der Waals surface area contributed by atoms with Crippen molar-refractivity contribution in [1.82, 2.24) is 5.32 Å². The highest BCUT2D eigenvalue weighted by atomic mass is 16.6. The number of hydrogen-bond acceptors (Lipinski definition) is 4. The van der Waals surface area contributed by atoms with E-state index < -0.39 is 16.4 Å². The maximum Gasteiger partial charge on any atom is 0.285 e. The van der Waals surface area contributed by atoms with Gasteiger partial charge in [-0.15, -0.1) is 0 Å². The van der Waals surface area contributed by atoms with Crippen molar-refractivity contribution in [2.75, 3.05) is 6.61 Å². The number of aliphatic hydroxyl groups excluding tert-OH is 1. The summed E-state index contributed by atoms with van der Waals surface area (Å²) >= 11 is 0. The molecule has 0 spiro atoms. The van der Waals surface area contributed by atoms with Gasteiger partial charge in [-0.2, -0.15) is 0 Å². The lowest BCUT2D eigenvalue weighted by molar-refractivity contribution is -0.385. The number of nitrogens with zero attached hydrogens (tertiary/aromatic N) is 1. The number of benzene rings is 1. The van der Waals surface area contributed by atoms with E-state index in [0.717, 1.165) is 0 Å². The summed E-state index contributed by atoms with van der Waals surface area (Å²) in [6.07, 6.45) is 1.02. The molecule has 20 heavy (non-hydrogen) atoms. The summed E-state index contributed by atoms with van der Waals surface area (Å²) in [4.78, 5) is 22.8. The van der Waals surface area contributed by atoms with Crippen LogP contribution in [0.3, 0.4) is 0 Å². The highest BCUT2D eigenvalue weighted by Gasteiger charge is 2.28. The molecule has 0 aromatic heterocycles. The van der Waals surface area contributed by atoms with Gasteiger partial charge in [0, 0.05) is 17.7 Å². The Hall–Kier alpha value is -1.95. The van der Waals surface area contributed by atoms with Crippen LogP contribution in [0, 0.1) is 17.0 Å². The standard InChI is InChI=1S/C14H20N2O4/c1-4-14(3,8-9-17)15-13(18)11-7-5-6-10(2)12(11)16(19)20/h5-7,17H,4,8-9H2,1-3H3,(H,15,18). The number of para-hydroxylation sites is 1. The molecule has 1 aromatic rings. The van der Waals surface area contributed by atoms with E-state index in [9.17, 15) is 14.9 Å². The number of aliphatic hydroxyl groups is 1. The van der Waals surface area contributed by atoms with Crippen LogP contribution in [-0.4, -0.2) is 28.1 Å². The summed E-state index contributed by atoms with van der Waals surface area (Å²) in [6, 6.07) is 4.66. The zero-order valence-corrected chi connectivity index (χ0v) is 12.0.